The number of aryl methyl sites for hydroxylation is 1. The summed E-state index contributed by atoms with van der Waals surface area (Å²) in [5.74, 6) is 0.772. The van der Waals surface area contributed by atoms with E-state index < -0.39 is 0 Å². The number of rotatable bonds is 1. The average Bonchev–Trinajstić information content (AvgIpc) is 2.97. The van der Waals surface area contributed by atoms with Crippen LogP contribution in [0.3, 0.4) is 0 Å². The van der Waals surface area contributed by atoms with Gasteiger partial charge < -0.3 is 9.32 Å². The molecule has 1 atom stereocenters. The second-order valence-electron chi connectivity index (χ2n) is 4.61. The third-order valence-corrected chi connectivity index (χ3v) is 4.62. The number of amides is 1. The van der Waals surface area contributed by atoms with Crippen LogP contribution in [-0.4, -0.2) is 17.4 Å². The van der Waals surface area contributed by atoms with Crippen LogP contribution in [-0.2, 0) is 6.42 Å². The standard InChI is InChI=1S/C14H15NO2S/c1-9-11-5-8-18-13(11)3-6-15(9)14(16)12-4-7-17-10(12)2/h4-5,7-9H,3,6H2,1-2H3/t9-/m1/s1. The lowest BCUT2D eigenvalue weighted by molar-refractivity contribution is 0.0677. The van der Waals surface area contributed by atoms with Gasteiger partial charge in [0.2, 0.25) is 0 Å². The van der Waals surface area contributed by atoms with Crippen molar-refractivity contribution in [3.8, 4) is 0 Å². The maximum atomic E-state index is 12.5. The van der Waals surface area contributed by atoms with Crippen molar-refractivity contribution >= 4 is 17.2 Å². The summed E-state index contributed by atoms with van der Waals surface area (Å²) in [4.78, 5) is 15.8. The molecule has 2 aromatic rings. The van der Waals surface area contributed by atoms with Gasteiger partial charge in [-0.3, -0.25) is 4.79 Å². The van der Waals surface area contributed by atoms with Crippen molar-refractivity contribution in [2.45, 2.75) is 26.3 Å². The lowest BCUT2D eigenvalue weighted by atomic mass is 10.0. The van der Waals surface area contributed by atoms with Gasteiger partial charge in [-0.15, -0.1) is 11.3 Å². The van der Waals surface area contributed by atoms with Crippen molar-refractivity contribution in [1.29, 1.82) is 0 Å². The second-order valence-corrected chi connectivity index (χ2v) is 5.61. The fraction of sp³-hybridized carbons (Fsp3) is 0.357. The van der Waals surface area contributed by atoms with Gasteiger partial charge in [0.25, 0.3) is 5.91 Å². The number of furan rings is 1. The molecule has 3 heterocycles. The van der Waals surface area contributed by atoms with Crippen LogP contribution in [0.2, 0.25) is 0 Å². The first-order chi connectivity index (χ1) is 8.68. The number of hydrogen-bond donors (Lipinski definition) is 0. The zero-order valence-electron chi connectivity index (χ0n) is 10.5. The average molecular weight is 261 g/mol. The number of hydrogen-bond acceptors (Lipinski definition) is 3. The molecule has 0 saturated heterocycles. The third-order valence-electron chi connectivity index (χ3n) is 3.63. The molecule has 0 bridgehead atoms. The molecule has 0 unspecified atom stereocenters. The van der Waals surface area contributed by atoms with Crippen LogP contribution >= 0.6 is 11.3 Å². The highest BCUT2D eigenvalue weighted by Crippen LogP contribution is 2.33. The molecule has 2 aromatic heterocycles. The third kappa shape index (κ3) is 1.68. The molecule has 1 amide bonds. The second kappa shape index (κ2) is 4.28. The molecule has 0 N–H and O–H groups in total. The molecule has 1 aliphatic heterocycles. The van der Waals surface area contributed by atoms with Crippen LogP contribution < -0.4 is 0 Å². The summed E-state index contributed by atoms with van der Waals surface area (Å²) in [5.41, 5.74) is 1.97. The summed E-state index contributed by atoms with van der Waals surface area (Å²) in [5, 5.41) is 2.11. The first-order valence-corrected chi connectivity index (χ1v) is 6.98. The zero-order chi connectivity index (χ0) is 12.7. The number of carbonyl (C=O) groups excluding carboxylic acids is 1. The summed E-state index contributed by atoms with van der Waals surface area (Å²) in [7, 11) is 0. The summed E-state index contributed by atoms with van der Waals surface area (Å²) < 4.78 is 5.22. The summed E-state index contributed by atoms with van der Waals surface area (Å²) in [6.07, 6.45) is 2.53. The first kappa shape index (κ1) is 11.5. The molecule has 1 aliphatic rings. The maximum absolute atomic E-state index is 12.5. The molecule has 0 saturated carbocycles. The molecular formula is C14H15NO2S. The van der Waals surface area contributed by atoms with Gasteiger partial charge in [0.1, 0.15) is 5.76 Å². The normalized spacial score (nSPS) is 18.8. The predicted molar refractivity (Wildman–Crippen MR) is 70.9 cm³/mol. The van der Waals surface area contributed by atoms with E-state index in [1.54, 1.807) is 23.7 Å². The Balaban J connectivity index is 1.91. The van der Waals surface area contributed by atoms with Gasteiger partial charge >= 0.3 is 0 Å². The van der Waals surface area contributed by atoms with E-state index >= 15 is 0 Å². The molecule has 0 radical (unpaired) electrons. The lowest BCUT2D eigenvalue weighted by Crippen LogP contribution is -2.38. The Hall–Kier alpha value is -1.55. The van der Waals surface area contributed by atoms with E-state index in [9.17, 15) is 4.79 Å². The summed E-state index contributed by atoms with van der Waals surface area (Å²) in [6.45, 7) is 4.72. The fourth-order valence-corrected chi connectivity index (χ4v) is 3.51. The minimum absolute atomic E-state index is 0.0746. The van der Waals surface area contributed by atoms with E-state index in [2.05, 4.69) is 18.4 Å². The summed E-state index contributed by atoms with van der Waals surface area (Å²) in [6, 6.07) is 4.04. The van der Waals surface area contributed by atoms with Crippen molar-refractivity contribution in [2.75, 3.05) is 6.54 Å². The Labute approximate surface area is 110 Å². The summed E-state index contributed by atoms with van der Waals surface area (Å²) >= 11 is 1.79. The minimum Gasteiger partial charge on any atom is -0.469 e. The molecule has 0 fully saturated rings. The molecule has 18 heavy (non-hydrogen) atoms. The van der Waals surface area contributed by atoms with Crippen molar-refractivity contribution in [1.82, 2.24) is 4.90 Å². The van der Waals surface area contributed by atoms with Gasteiger partial charge in [-0.25, -0.2) is 0 Å². The Morgan fingerprint density at radius 1 is 1.50 bits per heavy atom. The highest BCUT2D eigenvalue weighted by molar-refractivity contribution is 7.10. The largest absolute Gasteiger partial charge is 0.469 e. The van der Waals surface area contributed by atoms with E-state index in [1.165, 1.54) is 10.4 Å². The number of carbonyl (C=O) groups is 1. The topological polar surface area (TPSA) is 33.5 Å². The van der Waals surface area contributed by atoms with Crippen LogP contribution in [0.1, 0.15) is 39.5 Å². The van der Waals surface area contributed by atoms with Gasteiger partial charge in [0.05, 0.1) is 17.9 Å². The van der Waals surface area contributed by atoms with E-state index in [-0.39, 0.29) is 11.9 Å². The van der Waals surface area contributed by atoms with Crippen molar-refractivity contribution < 1.29 is 9.21 Å². The van der Waals surface area contributed by atoms with Gasteiger partial charge in [-0.2, -0.15) is 0 Å². The quantitative estimate of drug-likeness (QED) is 0.788. The van der Waals surface area contributed by atoms with Gasteiger partial charge in [-0.1, -0.05) is 0 Å². The van der Waals surface area contributed by atoms with Crippen LogP contribution in [0.4, 0.5) is 0 Å². The Morgan fingerprint density at radius 3 is 3.06 bits per heavy atom. The Morgan fingerprint density at radius 2 is 2.33 bits per heavy atom. The highest BCUT2D eigenvalue weighted by Gasteiger charge is 2.30. The molecule has 0 spiro atoms. The fourth-order valence-electron chi connectivity index (χ4n) is 2.55. The molecule has 94 valence electrons. The Kier molecular flexibility index (Phi) is 2.74. The molecule has 3 nitrogen and oxygen atoms in total. The van der Waals surface area contributed by atoms with Crippen LogP contribution in [0, 0.1) is 6.92 Å². The molecule has 3 rings (SSSR count). The van der Waals surface area contributed by atoms with Crippen LogP contribution in [0.25, 0.3) is 0 Å². The van der Waals surface area contributed by atoms with Gasteiger partial charge in [-0.05, 0) is 43.3 Å². The number of thiophene rings is 1. The zero-order valence-corrected chi connectivity index (χ0v) is 11.3. The number of nitrogens with zero attached hydrogens (tertiary/aromatic N) is 1. The smallest absolute Gasteiger partial charge is 0.257 e. The molecular weight excluding hydrogens is 246 g/mol. The molecule has 0 aromatic carbocycles. The van der Waals surface area contributed by atoms with E-state index in [1.807, 2.05) is 11.8 Å². The maximum Gasteiger partial charge on any atom is 0.257 e. The monoisotopic (exact) mass is 261 g/mol. The molecule has 0 aliphatic carbocycles. The van der Waals surface area contributed by atoms with Crippen LogP contribution in [0.15, 0.2) is 28.2 Å². The molecule has 4 heteroatoms. The predicted octanol–water partition coefficient (Wildman–Crippen LogP) is 3.41. The Bertz CT molecular complexity index is 584. The first-order valence-electron chi connectivity index (χ1n) is 6.10. The van der Waals surface area contributed by atoms with Crippen LogP contribution in [0.5, 0.6) is 0 Å². The van der Waals surface area contributed by atoms with Crippen molar-refractivity contribution in [3.05, 3.63) is 45.5 Å². The van der Waals surface area contributed by atoms with Crippen molar-refractivity contribution in [2.24, 2.45) is 0 Å². The highest BCUT2D eigenvalue weighted by atomic mass is 32.1. The van der Waals surface area contributed by atoms with E-state index in [0.29, 0.717) is 11.3 Å². The van der Waals surface area contributed by atoms with Gasteiger partial charge in [0, 0.05) is 11.4 Å². The van der Waals surface area contributed by atoms with E-state index in [4.69, 9.17) is 4.42 Å². The lowest BCUT2D eigenvalue weighted by Gasteiger charge is -2.33. The van der Waals surface area contributed by atoms with Gasteiger partial charge in [0.15, 0.2) is 0 Å². The van der Waals surface area contributed by atoms with Crippen molar-refractivity contribution in [3.63, 3.8) is 0 Å². The number of fused-ring (bicyclic) bond motifs is 1. The minimum atomic E-state index is 0.0746. The SMILES string of the molecule is Cc1occc1C(=O)N1CCc2sccc2[C@H]1C. The van der Waals surface area contributed by atoms with E-state index in [0.717, 1.165) is 13.0 Å².